The smallest absolute Gasteiger partial charge is 0.305 e. The van der Waals surface area contributed by atoms with Gasteiger partial charge in [-0.05, 0) is 85.4 Å². The Bertz CT molecular complexity index is 1210. The molecule has 0 aromatic carbocycles. The number of unbranched alkanes of at least 4 members (excludes halogenated alkanes) is 18. The zero-order chi connectivity index (χ0) is 53.1. The van der Waals surface area contributed by atoms with E-state index in [1.54, 1.807) is 0 Å². The Morgan fingerprint density at radius 2 is 0.736 bits per heavy atom. The summed E-state index contributed by atoms with van der Waals surface area (Å²) in [5, 5.41) is 0. The molecule has 0 saturated heterocycles. The van der Waals surface area contributed by atoms with E-state index in [2.05, 4.69) is 44.1 Å². The predicted octanol–water partition coefficient (Wildman–Crippen LogP) is 12.4. The van der Waals surface area contributed by atoms with Gasteiger partial charge in [-0.2, -0.15) is 0 Å². The molecule has 0 saturated carbocycles. The Labute approximate surface area is 440 Å². The third kappa shape index (κ3) is 47.0. The standard InChI is InChI=1S/C58H110N2O12/c1-9-13-17-29-40-65-47-53(67-42-31-19-15-11-3)49-71-57(63)36-27-23-21-25-34-55(61)69-45-52(44-60(51(5)6)39-33-38-59(7)8)46-70-56(62)35-26-22-24-28-37-58(64)72-50-54(68-43-32-20-16-12-4)48-66-41-30-18-14-10-2/h52-54H,5,9-50H2,1-4,6-8H3. The van der Waals surface area contributed by atoms with Crippen LogP contribution in [0.15, 0.2) is 12.3 Å². The molecule has 2 unspecified atom stereocenters. The van der Waals surface area contributed by atoms with Crippen molar-refractivity contribution in [2.45, 2.75) is 233 Å². The number of esters is 4. The maximum atomic E-state index is 12.9. The van der Waals surface area contributed by atoms with E-state index in [-0.39, 0.29) is 81.3 Å². The monoisotopic (exact) mass is 1030 g/mol. The summed E-state index contributed by atoms with van der Waals surface area (Å²) in [6.45, 7) is 21.3. The van der Waals surface area contributed by atoms with Gasteiger partial charge in [-0.3, -0.25) is 19.2 Å². The van der Waals surface area contributed by atoms with Gasteiger partial charge in [0, 0.05) is 76.8 Å². The number of carbonyl (C=O) groups is 4. The molecule has 0 rings (SSSR count). The minimum atomic E-state index is -0.287. The van der Waals surface area contributed by atoms with Gasteiger partial charge in [0.05, 0.1) is 26.4 Å². The summed E-state index contributed by atoms with van der Waals surface area (Å²) < 4.78 is 46.5. The molecule has 0 spiro atoms. The predicted molar refractivity (Wildman–Crippen MR) is 290 cm³/mol. The van der Waals surface area contributed by atoms with Crippen molar-refractivity contribution in [3.8, 4) is 0 Å². The first-order valence-corrected chi connectivity index (χ1v) is 29.0. The summed E-state index contributed by atoms with van der Waals surface area (Å²) in [5.41, 5.74) is 0.908. The van der Waals surface area contributed by atoms with Crippen molar-refractivity contribution in [1.82, 2.24) is 9.80 Å². The van der Waals surface area contributed by atoms with Crippen molar-refractivity contribution in [3.05, 3.63) is 12.3 Å². The third-order valence-corrected chi connectivity index (χ3v) is 12.5. The average Bonchev–Trinajstić information content (AvgIpc) is 3.35. The van der Waals surface area contributed by atoms with E-state index < -0.39 is 0 Å². The van der Waals surface area contributed by atoms with Crippen LogP contribution >= 0.6 is 0 Å². The molecule has 424 valence electrons. The van der Waals surface area contributed by atoms with Crippen LogP contribution in [0, 0.1) is 5.92 Å². The van der Waals surface area contributed by atoms with Crippen molar-refractivity contribution in [2.75, 3.05) is 99.8 Å². The fourth-order valence-electron chi connectivity index (χ4n) is 7.89. The van der Waals surface area contributed by atoms with Crippen LogP contribution in [-0.2, 0) is 57.1 Å². The van der Waals surface area contributed by atoms with Crippen LogP contribution in [0.5, 0.6) is 0 Å². The second-order valence-electron chi connectivity index (χ2n) is 20.1. The normalized spacial score (nSPS) is 12.7. The fraction of sp³-hybridized carbons (Fsp3) is 0.897. The molecule has 2 atom stereocenters. The molecule has 0 N–H and O–H groups in total. The van der Waals surface area contributed by atoms with Crippen LogP contribution in [0.25, 0.3) is 0 Å². The summed E-state index contributed by atoms with van der Waals surface area (Å²) in [5.74, 6) is -1.27. The number of nitrogens with zero attached hydrogens (tertiary/aromatic N) is 2. The number of hydrogen-bond acceptors (Lipinski definition) is 14. The second kappa shape index (κ2) is 51.7. The Morgan fingerprint density at radius 1 is 0.403 bits per heavy atom. The molecule has 0 amide bonds. The molecule has 0 heterocycles. The lowest BCUT2D eigenvalue weighted by atomic mass is 10.1. The van der Waals surface area contributed by atoms with Gasteiger partial charge in [-0.15, -0.1) is 0 Å². The van der Waals surface area contributed by atoms with Gasteiger partial charge in [0.15, 0.2) is 0 Å². The SMILES string of the molecule is C=C(C)N(CCCN(C)C)CC(COC(=O)CCCCCCC(=O)OCC(COCCCCCC)OCCCCCC)COC(=O)CCCCCCC(=O)OCC(COCCCCCC)OCCCCCC. The van der Waals surface area contributed by atoms with E-state index in [9.17, 15) is 19.2 Å². The molecule has 0 radical (unpaired) electrons. The molecule has 14 heteroatoms. The Kier molecular flexibility index (Phi) is 49.7. The molecule has 0 aromatic rings. The van der Waals surface area contributed by atoms with Crippen molar-refractivity contribution in [3.63, 3.8) is 0 Å². The molecule has 0 aliphatic carbocycles. The molecule has 0 aromatic heterocycles. The van der Waals surface area contributed by atoms with E-state index >= 15 is 0 Å². The van der Waals surface area contributed by atoms with Gasteiger partial charge in [0.25, 0.3) is 0 Å². The lowest BCUT2D eigenvalue weighted by molar-refractivity contribution is -0.151. The quantitative estimate of drug-likeness (QED) is 0.0323. The highest BCUT2D eigenvalue weighted by Crippen LogP contribution is 2.15. The van der Waals surface area contributed by atoms with E-state index in [0.29, 0.717) is 84.7 Å². The van der Waals surface area contributed by atoms with Crippen LogP contribution in [0.4, 0.5) is 0 Å². The minimum absolute atomic E-state index is 0.136. The number of carbonyl (C=O) groups excluding carboxylic acids is 4. The Morgan fingerprint density at radius 3 is 1.07 bits per heavy atom. The second-order valence-corrected chi connectivity index (χ2v) is 20.1. The van der Waals surface area contributed by atoms with E-state index in [4.69, 9.17) is 37.9 Å². The zero-order valence-electron chi connectivity index (χ0n) is 47.4. The minimum Gasteiger partial charge on any atom is -0.465 e. The molecular weight excluding hydrogens is 917 g/mol. The zero-order valence-corrected chi connectivity index (χ0v) is 47.4. The molecular formula is C58H110N2O12. The highest BCUT2D eigenvalue weighted by atomic mass is 16.6. The summed E-state index contributed by atoms with van der Waals surface area (Å²) in [7, 11) is 4.09. The van der Waals surface area contributed by atoms with Gasteiger partial charge in [-0.25, -0.2) is 0 Å². The maximum Gasteiger partial charge on any atom is 0.305 e. The molecule has 0 bridgehead atoms. The first-order chi connectivity index (χ1) is 34.9. The number of rotatable bonds is 55. The van der Waals surface area contributed by atoms with Crippen LogP contribution in [-0.4, -0.2) is 146 Å². The topological polar surface area (TPSA) is 149 Å². The summed E-state index contributed by atoms with van der Waals surface area (Å²) in [6, 6.07) is 0. The van der Waals surface area contributed by atoms with E-state index in [1.807, 2.05) is 21.0 Å². The van der Waals surface area contributed by atoms with Crippen LogP contribution in [0.2, 0.25) is 0 Å². The van der Waals surface area contributed by atoms with Gasteiger partial charge in [0.2, 0.25) is 0 Å². The number of ether oxygens (including phenoxy) is 8. The van der Waals surface area contributed by atoms with Crippen molar-refractivity contribution >= 4 is 23.9 Å². The van der Waals surface area contributed by atoms with Crippen molar-refractivity contribution < 1.29 is 57.1 Å². The first kappa shape index (κ1) is 69.2. The largest absolute Gasteiger partial charge is 0.465 e. The van der Waals surface area contributed by atoms with Crippen molar-refractivity contribution in [1.29, 1.82) is 0 Å². The Hall–Kier alpha value is -2.78. The van der Waals surface area contributed by atoms with E-state index in [1.165, 1.54) is 51.4 Å². The molecule has 0 fully saturated rings. The van der Waals surface area contributed by atoms with E-state index in [0.717, 1.165) is 102 Å². The highest BCUT2D eigenvalue weighted by molar-refractivity contribution is 5.70. The van der Waals surface area contributed by atoms with Gasteiger partial charge in [-0.1, -0.05) is 137 Å². The van der Waals surface area contributed by atoms with Gasteiger partial charge >= 0.3 is 23.9 Å². The molecule has 0 aliphatic heterocycles. The fourth-order valence-corrected chi connectivity index (χ4v) is 7.89. The number of hydrogen-bond donors (Lipinski definition) is 0. The average molecular weight is 1030 g/mol. The van der Waals surface area contributed by atoms with Crippen LogP contribution in [0.3, 0.4) is 0 Å². The Balaban J connectivity index is 4.77. The molecule has 0 aliphatic rings. The summed E-state index contributed by atoms with van der Waals surface area (Å²) in [4.78, 5) is 55.2. The first-order valence-electron chi connectivity index (χ1n) is 29.0. The van der Waals surface area contributed by atoms with Crippen LogP contribution in [0.1, 0.15) is 221 Å². The summed E-state index contributed by atoms with van der Waals surface area (Å²) in [6.07, 6.45) is 25.6. The van der Waals surface area contributed by atoms with Gasteiger partial charge in [0.1, 0.15) is 25.4 Å². The lowest BCUT2D eigenvalue weighted by Crippen LogP contribution is -2.35. The maximum absolute atomic E-state index is 12.9. The van der Waals surface area contributed by atoms with Crippen LogP contribution < -0.4 is 0 Å². The summed E-state index contributed by atoms with van der Waals surface area (Å²) >= 11 is 0. The third-order valence-electron chi connectivity index (χ3n) is 12.5. The number of allylic oxidation sites excluding steroid dienone is 1. The lowest BCUT2D eigenvalue weighted by Gasteiger charge is -2.29. The van der Waals surface area contributed by atoms with Gasteiger partial charge < -0.3 is 47.7 Å². The molecule has 72 heavy (non-hydrogen) atoms. The molecule has 14 nitrogen and oxygen atoms in total. The van der Waals surface area contributed by atoms with Crippen molar-refractivity contribution in [2.24, 2.45) is 5.92 Å². The highest BCUT2D eigenvalue weighted by Gasteiger charge is 2.20.